The van der Waals surface area contributed by atoms with E-state index in [1.54, 1.807) is 29.5 Å². The molecule has 0 saturated carbocycles. The zero-order chi connectivity index (χ0) is 12.3. The highest BCUT2D eigenvalue weighted by Gasteiger charge is 2.20. The molecular weight excluding hydrogens is 354 g/mol. The van der Waals surface area contributed by atoms with Gasteiger partial charge in [0.15, 0.2) is 0 Å². The molecule has 0 unspecified atom stereocenters. The van der Waals surface area contributed by atoms with Crippen molar-refractivity contribution in [2.24, 2.45) is 0 Å². The van der Waals surface area contributed by atoms with Crippen molar-refractivity contribution in [3.63, 3.8) is 0 Å². The van der Waals surface area contributed by atoms with E-state index >= 15 is 0 Å². The van der Waals surface area contributed by atoms with Crippen LogP contribution in [0.1, 0.15) is 29.4 Å². The average Bonchev–Trinajstić information content (AvgIpc) is 2.21. The van der Waals surface area contributed by atoms with Crippen molar-refractivity contribution in [3.8, 4) is 0 Å². The predicted octanol–water partition coefficient (Wildman–Crippen LogP) is 3.45. The Balaban J connectivity index is 3.21. The van der Waals surface area contributed by atoms with Gasteiger partial charge in [-0.25, -0.2) is 18.6 Å². The predicted molar refractivity (Wildman–Crippen MR) is 62.9 cm³/mol. The smallest absolute Gasteiger partial charge is 0.339 e. The summed E-state index contributed by atoms with van der Waals surface area (Å²) in [6, 6.07) is 0.996. The fourth-order valence-corrected chi connectivity index (χ4v) is 1.68. The summed E-state index contributed by atoms with van der Waals surface area (Å²) in [7, 11) is 0. The SMILES string of the molecule is CCOC(=O)c1cc(C(F)F)nc(Cl)c1I. The van der Waals surface area contributed by atoms with Crippen molar-refractivity contribution < 1.29 is 18.3 Å². The van der Waals surface area contributed by atoms with Crippen LogP contribution in [-0.4, -0.2) is 17.6 Å². The standard InChI is InChI=1S/C9H7ClF2INO2/c1-2-16-9(15)4-3-5(8(11)12)14-7(10)6(4)13/h3,8H,2H2,1H3. The monoisotopic (exact) mass is 361 g/mol. The summed E-state index contributed by atoms with van der Waals surface area (Å²) in [4.78, 5) is 14.9. The van der Waals surface area contributed by atoms with Crippen LogP contribution in [0.4, 0.5) is 8.78 Å². The fourth-order valence-electron chi connectivity index (χ4n) is 0.986. The first-order valence-electron chi connectivity index (χ1n) is 4.28. The number of carbonyl (C=O) groups excluding carboxylic acids is 1. The Labute approximate surface area is 109 Å². The van der Waals surface area contributed by atoms with E-state index in [1.165, 1.54) is 0 Å². The lowest BCUT2D eigenvalue weighted by Crippen LogP contribution is -2.09. The van der Waals surface area contributed by atoms with Gasteiger partial charge in [0.1, 0.15) is 10.8 Å². The third-order valence-electron chi connectivity index (χ3n) is 1.66. The van der Waals surface area contributed by atoms with Gasteiger partial charge in [0, 0.05) is 0 Å². The molecule has 0 aliphatic rings. The minimum Gasteiger partial charge on any atom is -0.462 e. The zero-order valence-electron chi connectivity index (χ0n) is 8.14. The number of aromatic nitrogens is 1. The van der Waals surface area contributed by atoms with Crippen LogP contribution in [0.3, 0.4) is 0 Å². The molecule has 0 bridgehead atoms. The third-order valence-corrected chi connectivity index (χ3v) is 3.34. The fraction of sp³-hybridized carbons (Fsp3) is 0.333. The van der Waals surface area contributed by atoms with Crippen LogP contribution in [0.5, 0.6) is 0 Å². The molecule has 3 nitrogen and oxygen atoms in total. The van der Waals surface area contributed by atoms with Crippen molar-refractivity contribution >= 4 is 40.2 Å². The maximum absolute atomic E-state index is 12.4. The summed E-state index contributed by atoms with van der Waals surface area (Å²) >= 11 is 7.41. The molecule has 1 aromatic rings. The molecule has 0 N–H and O–H groups in total. The number of alkyl halides is 2. The highest BCUT2D eigenvalue weighted by Crippen LogP contribution is 2.26. The van der Waals surface area contributed by atoms with E-state index in [2.05, 4.69) is 4.98 Å². The van der Waals surface area contributed by atoms with E-state index in [0.717, 1.165) is 6.07 Å². The molecule has 16 heavy (non-hydrogen) atoms. The van der Waals surface area contributed by atoms with Crippen molar-refractivity contribution in [1.29, 1.82) is 0 Å². The number of esters is 1. The van der Waals surface area contributed by atoms with Crippen LogP contribution in [0.25, 0.3) is 0 Å². The molecule has 1 aromatic heterocycles. The molecule has 0 amide bonds. The summed E-state index contributed by atoms with van der Waals surface area (Å²) in [6.07, 6.45) is -2.78. The molecule has 0 saturated heterocycles. The normalized spacial score (nSPS) is 10.6. The number of rotatable bonds is 3. The van der Waals surface area contributed by atoms with E-state index in [1.807, 2.05) is 0 Å². The number of pyridine rings is 1. The average molecular weight is 362 g/mol. The van der Waals surface area contributed by atoms with E-state index in [-0.39, 0.29) is 17.3 Å². The minimum absolute atomic E-state index is 0.0118. The van der Waals surface area contributed by atoms with E-state index in [0.29, 0.717) is 3.57 Å². The van der Waals surface area contributed by atoms with Gasteiger partial charge in [-0.05, 0) is 35.6 Å². The van der Waals surface area contributed by atoms with Gasteiger partial charge >= 0.3 is 5.97 Å². The lowest BCUT2D eigenvalue weighted by Gasteiger charge is -2.07. The number of hydrogen-bond donors (Lipinski definition) is 0. The Morgan fingerprint density at radius 2 is 2.31 bits per heavy atom. The molecular formula is C9H7ClF2INO2. The second kappa shape index (κ2) is 5.72. The Bertz CT molecular complexity index is 415. The van der Waals surface area contributed by atoms with Crippen LogP contribution in [-0.2, 0) is 4.74 Å². The minimum atomic E-state index is -2.78. The summed E-state index contributed by atoms with van der Waals surface area (Å²) in [5.41, 5.74) is -0.522. The zero-order valence-corrected chi connectivity index (χ0v) is 11.1. The van der Waals surface area contributed by atoms with E-state index in [4.69, 9.17) is 16.3 Å². The Kier molecular flexibility index (Phi) is 4.85. The van der Waals surface area contributed by atoms with Gasteiger partial charge in [0.2, 0.25) is 0 Å². The number of carbonyl (C=O) groups is 1. The number of ether oxygens (including phenoxy) is 1. The highest BCUT2D eigenvalue weighted by atomic mass is 127. The van der Waals surface area contributed by atoms with Crippen LogP contribution < -0.4 is 0 Å². The molecule has 0 radical (unpaired) electrons. The third kappa shape index (κ3) is 3.00. The highest BCUT2D eigenvalue weighted by molar-refractivity contribution is 14.1. The summed E-state index contributed by atoms with van der Waals surface area (Å²) < 4.78 is 29.9. The Hall–Kier alpha value is -0.500. The molecule has 1 heterocycles. The Morgan fingerprint density at radius 3 is 2.81 bits per heavy atom. The largest absolute Gasteiger partial charge is 0.462 e. The number of hydrogen-bond acceptors (Lipinski definition) is 3. The van der Waals surface area contributed by atoms with Crippen LogP contribution in [0, 0.1) is 3.57 Å². The molecule has 0 fully saturated rings. The summed E-state index contributed by atoms with van der Waals surface area (Å²) in [5.74, 6) is -0.682. The van der Waals surface area contributed by atoms with Crippen molar-refractivity contribution in [1.82, 2.24) is 4.98 Å². The summed E-state index contributed by atoms with van der Waals surface area (Å²) in [6.45, 7) is 1.79. The van der Waals surface area contributed by atoms with Gasteiger partial charge in [-0.15, -0.1) is 0 Å². The van der Waals surface area contributed by atoms with Crippen LogP contribution in [0.15, 0.2) is 6.07 Å². The molecule has 1 rings (SSSR count). The number of halogens is 4. The molecule has 0 aliphatic carbocycles. The molecule has 0 atom stereocenters. The second-order valence-electron chi connectivity index (χ2n) is 2.72. The topological polar surface area (TPSA) is 39.2 Å². The van der Waals surface area contributed by atoms with Crippen LogP contribution >= 0.6 is 34.2 Å². The summed E-state index contributed by atoms with van der Waals surface area (Å²) in [5, 5.41) is -0.124. The van der Waals surface area contributed by atoms with Crippen molar-refractivity contribution in [2.75, 3.05) is 6.61 Å². The lowest BCUT2D eigenvalue weighted by atomic mass is 10.2. The number of nitrogens with zero attached hydrogens (tertiary/aromatic N) is 1. The van der Waals surface area contributed by atoms with E-state index < -0.39 is 18.1 Å². The maximum atomic E-state index is 12.4. The first-order chi connectivity index (χ1) is 7.47. The van der Waals surface area contributed by atoms with Crippen molar-refractivity contribution in [3.05, 3.63) is 26.0 Å². The van der Waals surface area contributed by atoms with Crippen LogP contribution in [0.2, 0.25) is 5.15 Å². The van der Waals surface area contributed by atoms with Gasteiger partial charge < -0.3 is 4.74 Å². The molecule has 0 spiro atoms. The molecule has 7 heteroatoms. The maximum Gasteiger partial charge on any atom is 0.339 e. The van der Waals surface area contributed by atoms with Gasteiger partial charge in [0.25, 0.3) is 6.43 Å². The van der Waals surface area contributed by atoms with Gasteiger partial charge in [-0.3, -0.25) is 0 Å². The molecule has 0 aromatic carbocycles. The first-order valence-corrected chi connectivity index (χ1v) is 5.74. The Morgan fingerprint density at radius 1 is 1.69 bits per heavy atom. The quantitative estimate of drug-likeness (QED) is 0.470. The second-order valence-corrected chi connectivity index (χ2v) is 4.16. The van der Waals surface area contributed by atoms with Gasteiger partial charge in [0.05, 0.1) is 15.7 Å². The first kappa shape index (κ1) is 13.6. The molecule has 0 aliphatic heterocycles. The molecule has 88 valence electrons. The lowest BCUT2D eigenvalue weighted by molar-refractivity contribution is 0.0524. The van der Waals surface area contributed by atoms with Crippen molar-refractivity contribution in [2.45, 2.75) is 13.3 Å². The van der Waals surface area contributed by atoms with Gasteiger partial charge in [-0.1, -0.05) is 11.6 Å². The van der Waals surface area contributed by atoms with E-state index in [9.17, 15) is 13.6 Å². The van der Waals surface area contributed by atoms with Gasteiger partial charge in [-0.2, -0.15) is 0 Å².